The lowest BCUT2D eigenvalue weighted by Crippen LogP contribution is -2.16. The van der Waals surface area contributed by atoms with Crippen LogP contribution in [0.15, 0.2) is 41.9 Å². The highest BCUT2D eigenvalue weighted by atomic mass is 35.5. The molecule has 1 aromatic carbocycles. The molecule has 3 aromatic rings. The quantitative estimate of drug-likeness (QED) is 0.588. The van der Waals surface area contributed by atoms with Crippen LogP contribution in [-0.2, 0) is 0 Å². The molecule has 0 saturated carbocycles. The van der Waals surface area contributed by atoms with Crippen molar-refractivity contribution in [1.82, 2.24) is 4.98 Å². The number of pyridine rings is 1. The Morgan fingerprint density at radius 1 is 1.16 bits per heavy atom. The van der Waals surface area contributed by atoms with E-state index in [0.29, 0.717) is 24.8 Å². The average Bonchev–Trinajstić information content (AvgIpc) is 3.11. The average molecular weight is 391 g/mol. The van der Waals surface area contributed by atoms with Crippen LogP contribution in [0.3, 0.4) is 0 Å². The Kier molecular flexibility index (Phi) is 4.74. The summed E-state index contributed by atoms with van der Waals surface area (Å²) in [6.07, 6.45) is 3.73. The molecule has 2 aromatic heterocycles. The minimum absolute atomic E-state index is 0.533. The minimum Gasteiger partial charge on any atom is -0.484 e. The number of hydrogen-bond acceptors (Lipinski definition) is 6. The molecule has 7 heteroatoms. The largest absolute Gasteiger partial charge is 0.484 e. The zero-order valence-corrected chi connectivity index (χ0v) is 15.8. The van der Waals surface area contributed by atoms with Crippen LogP contribution in [0.25, 0.3) is 21.6 Å². The first-order valence-electron chi connectivity index (χ1n) is 7.68. The van der Waals surface area contributed by atoms with Gasteiger partial charge in [0.15, 0.2) is 5.75 Å². The molecule has 0 fully saturated rings. The van der Waals surface area contributed by atoms with Crippen molar-refractivity contribution in [3.63, 3.8) is 0 Å². The number of thiophene rings is 1. The van der Waals surface area contributed by atoms with Crippen LogP contribution in [0.5, 0.6) is 11.6 Å². The van der Waals surface area contributed by atoms with Gasteiger partial charge in [0.2, 0.25) is 0 Å². The predicted octanol–water partition coefficient (Wildman–Crippen LogP) is 5.59. The van der Waals surface area contributed by atoms with E-state index in [2.05, 4.69) is 21.2 Å². The lowest BCUT2D eigenvalue weighted by Gasteiger charge is -2.19. The van der Waals surface area contributed by atoms with Crippen LogP contribution in [0, 0.1) is 0 Å². The minimum atomic E-state index is 0.533. The van der Waals surface area contributed by atoms with Gasteiger partial charge in [-0.05, 0) is 35.2 Å². The normalized spacial score (nSPS) is 12.9. The highest BCUT2D eigenvalue weighted by Gasteiger charge is 2.19. The summed E-state index contributed by atoms with van der Waals surface area (Å²) in [6.45, 7) is 1.07. The summed E-state index contributed by atoms with van der Waals surface area (Å²) in [5, 5.41) is 2.83. The van der Waals surface area contributed by atoms with Gasteiger partial charge in [-0.2, -0.15) is 0 Å². The molecule has 0 aliphatic carbocycles. The molecule has 0 unspecified atom stereocenters. The number of benzene rings is 1. The van der Waals surface area contributed by atoms with E-state index in [-0.39, 0.29) is 0 Å². The van der Waals surface area contributed by atoms with Crippen LogP contribution in [0.4, 0.5) is 5.69 Å². The number of hydrogen-bond donors (Lipinski definition) is 1. The molecule has 1 N–H and O–H groups in total. The van der Waals surface area contributed by atoms with Gasteiger partial charge in [-0.25, -0.2) is 4.98 Å². The SMILES string of the molecule is CSNc1ccc(-c2csc(-c3ccnc4c3OCCO4)c2)c(Cl)c1. The maximum absolute atomic E-state index is 6.47. The van der Waals surface area contributed by atoms with E-state index in [0.717, 1.165) is 32.3 Å². The van der Waals surface area contributed by atoms with Crippen LogP contribution >= 0.6 is 34.9 Å². The molecule has 1 aliphatic heterocycles. The van der Waals surface area contributed by atoms with Crippen LogP contribution in [-0.4, -0.2) is 24.5 Å². The number of ether oxygens (including phenoxy) is 2. The molecule has 0 saturated heterocycles. The fourth-order valence-electron chi connectivity index (χ4n) is 2.70. The lowest BCUT2D eigenvalue weighted by atomic mass is 10.1. The second-order valence-electron chi connectivity index (χ2n) is 5.39. The smallest absolute Gasteiger partial charge is 0.257 e. The summed E-state index contributed by atoms with van der Waals surface area (Å²) >= 11 is 9.66. The fourth-order valence-corrected chi connectivity index (χ4v) is 4.28. The third-order valence-corrected chi connectivity index (χ3v) is 5.52. The van der Waals surface area contributed by atoms with Crippen molar-refractivity contribution in [2.75, 3.05) is 24.2 Å². The van der Waals surface area contributed by atoms with Gasteiger partial charge < -0.3 is 14.2 Å². The standard InChI is InChI=1S/C18H15ClN2O2S2/c1-24-21-12-2-3-13(15(19)9-12)11-8-16(25-10-11)14-4-5-20-18-17(14)22-6-7-23-18/h2-5,8-10,21H,6-7H2,1H3. The highest BCUT2D eigenvalue weighted by molar-refractivity contribution is 7.99. The number of aromatic nitrogens is 1. The van der Waals surface area contributed by atoms with Crippen molar-refractivity contribution >= 4 is 40.6 Å². The van der Waals surface area contributed by atoms with Crippen LogP contribution < -0.4 is 14.2 Å². The van der Waals surface area contributed by atoms with E-state index in [1.165, 1.54) is 0 Å². The Morgan fingerprint density at radius 2 is 2.04 bits per heavy atom. The summed E-state index contributed by atoms with van der Waals surface area (Å²) in [5.74, 6) is 1.27. The first kappa shape index (κ1) is 16.6. The highest BCUT2D eigenvalue weighted by Crippen LogP contribution is 2.43. The summed E-state index contributed by atoms with van der Waals surface area (Å²) in [7, 11) is 0. The van der Waals surface area contributed by atoms with Gasteiger partial charge in [0.25, 0.3) is 5.88 Å². The zero-order valence-electron chi connectivity index (χ0n) is 13.4. The van der Waals surface area contributed by atoms with Crippen molar-refractivity contribution in [2.45, 2.75) is 0 Å². The summed E-state index contributed by atoms with van der Waals surface area (Å²) in [4.78, 5) is 5.34. The number of nitrogens with one attached hydrogen (secondary N) is 1. The van der Waals surface area contributed by atoms with Crippen LogP contribution in [0.2, 0.25) is 5.02 Å². The van der Waals surface area contributed by atoms with Crippen molar-refractivity contribution in [3.8, 4) is 33.2 Å². The number of anilines is 1. The number of fused-ring (bicyclic) bond motifs is 1. The maximum Gasteiger partial charge on any atom is 0.257 e. The van der Waals surface area contributed by atoms with Crippen molar-refractivity contribution in [2.24, 2.45) is 0 Å². The number of nitrogens with zero attached hydrogens (tertiary/aromatic N) is 1. The molecule has 0 amide bonds. The Bertz CT molecular complexity index is 914. The molecule has 0 atom stereocenters. The molecule has 3 heterocycles. The predicted molar refractivity (Wildman–Crippen MR) is 106 cm³/mol. The van der Waals surface area contributed by atoms with Gasteiger partial charge in [-0.15, -0.1) is 11.3 Å². The second kappa shape index (κ2) is 7.15. The Balaban J connectivity index is 1.70. The Morgan fingerprint density at radius 3 is 2.88 bits per heavy atom. The zero-order chi connectivity index (χ0) is 17.2. The summed E-state index contributed by atoms with van der Waals surface area (Å²) in [6, 6.07) is 10.1. The van der Waals surface area contributed by atoms with Gasteiger partial charge in [-0.1, -0.05) is 29.6 Å². The first-order valence-corrected chi connectivity index (χ1v) is 10.2. The topological polar surface area (TPSA) is 43.4 Å². The van der Waals surface area contributed by atoms with E-state index >= 15 is 0 Å². The van der Waals surface area contributed by atoms with E-state index in [4.69, 9.17) is 21.1 Å². The molecule has 0 spiro atoms. The summed E-state index contributed by atoms with van der Waals surface area (Å²) in [5.41, 5.74) is 4.09. The third-order valence-electron chi connectivity index (χ3n) is 3.81. The van der Waals surface area contributed by atoms with Gasteiger partial charge in [0, 0.05) is 34.1 Å². The lowest BCUT2D eigenvalue weighted by molar-refractivity contribution is 0.165. The van der Waals surface area contributed by atoms with Crippen molar-refractivity contribution < 1.29 is 9.47 Å². The molecule has 4 rings (SSSR count). The first-order chi connectivity index (χ1) is 12.3. The molecule has 0 radical (unpaired) electrons. The van der Waals surface area contributed by atoms with Crippen molar-refractivity contribution in [3.05, 3.63) is 46.9 Å². The van der Waals surface area contributed by atoms with E-state index < -0.39 is 0 Å². The Hall–Kier alpha value is -1.89. The van der Waals surface area contributed by atoms with E-state index in [1.54, 1.807) is 29.5 Å². The monoisotopic (exact) mass is 390 g/mol. The van der Waals surface area contributed by atoms with Crippen LogP contribution in [0.1, 0.15) is 0 Å². The van der Waals surface area contributed by atoms with E-state index in [1.807, 2.05) is 30.5 Å². The molecular formula is C18H15ClN2O2S2. The molecular weight excluding hydrogens is 376 g/mol. The molecule has 128 valence electrons. The maximum atomic E-state index is 6.47. The van der Waals surface area contributed by atoms with Gasteiger partial charge >= 0.3 is 0 Å². The molecule has 1 aliphatic rings. The molecule has 0 bridgehead atoms. The van der Waals surface area contributed by atoms with Gasteiger partial charge in [0.05, 0.1) is 5.02 Å². The molecule has 25 heavy (non-hydrogen) atoms. The van der Waals surface area contributed by atoms with Gasteiger partial charge in [-0.3, -0.25) is 0 Å². The summed E-state index contributed by atoms with van der Waals surface area (Å²) < 4.78 is 14.5. The fraction of sp³-hybridized carbons (Fsp3) is 0.167. The number of rotatable bonds is 4. The van der Waals surface area contributed by atoms with Crippen molar-refractivity contribution in [1.29, 1.82) is 0 Å². The molecule has 4 nitrogen and oxygen atoms in total. The Labute approximate surface area is 159 Å². The van der Waals surface area contributed by atoms with Gasteiger partial charge in [0.1, 0.15) is 13.2 Å². The number of halogens is 1. The third kappa shape index (κ3) is 3.29. The second-order valence-corrected chi connectivity index (χ2v) is 7.32. The van der Waals surface area contributed by atoms with E-state index in [9.17, 15) is 0 Å².